The predicted molar refractivity (Wildman–Crippen MR) is 74.4 cm³/mol. The fourth-order valence-corrected chi connectivity index (χ4v) is 2.79. The quantitative estimate of drug-likeness (QED) is 0.468. The van der Waals surface area contributed by atoms with Crippen LogP contribution in [0.4, 0.5) is 10.3 Å². The SMILES string of the molecule is Nc1nc(I)c2ncn([C@@H]3O[C@H](CO)[C@@H](O)[C@H]3F)c2n1. The van der Waals surface area contributed by atoms with E-state index >= 15 is 0 Å². The van der Waals surface area contributed by atoms with Gasteiger partial charge in [0.2, 0.25) is 5.95 Å². The number of nitrogens with two attached hydrogens (primary N) is 1. The molecule has 0 saturated carbocycles. The van der Waals surface area contributed by atoms with E-state index in [9.17, 15) is 9.50 Å². The Kier molecular flexibility index (Phi) is 3.48. The Morgan fingerprint density at radius 3 is 2.90 bits per heavy atom. The summed E-state index contributed by atoms with van der Waals surface area (Å²) in [6, 6.07) is 0. The molecule has 20 heavy (non-hydrogen) atoms. The molecule has 8 nitrogen and oxygen atoms in total. The van der Waals surface area contributed by atoms with E-state index < -0.39 is 31.2 Å². The molecule has 1 saturated heterocycles. The molecule has 1 aliphatic heterocycles. The highest BCUT2D eigenvalue weighted by molar-refractivity contribution is 14.1. The maximum absolute atomic E-state index is 14.1. The fraction of sp³-hybridized carbons (Fsp3) is 0.500. The van der Waals surface area contributed by atoms with E-state index in [2.05, 4.69) is 15.0 Å². The number of aliphatic hydroxyl groups is 2. The molecule has 3 heterocycles. The molecule has 0 aromatic carbocycles. The van der Waals surface area contributed by atoms with E-state index in [0.717, 1.165) is 0 Å². The van der Waals surface area contributed by atoms with Gasteiger partial charge >= 0.3 is 0 Å². The number of hydrogen-bond donors (Lipinski definition) is 3. The average molecular weight is 395 g/mol. The lowest BCUT2D eigenvalue weighted by Crippen LogP contribution is -2.30. The Bertz CT molecular complexity index is 653. The van der Waals surface area contributed by atoms with Crippen LogP contribution >= 0.6 is 22.6 Å². The summed E-state index contributed by atoms with van der Waals surface area (Å²) in [6.45, 7) is -0.473. The number of nitrogen functional groups attached to an aromatic ring is 1. The number of rotatable bonds is 2. The van der Waals surface area contributed by atoms with Crippen molar-refractivity contribution in [1.82, 2.24) is 19.5 Å². The lowest BCUT2D eigenvalue weighted by atomic mass is 10.1. The van der Waals surface area contributed by atoms with Crippen LogP contribution in [-0.4, -0.2) is 54.7 Å². The molecule has 1 fully saturated rings. The Balaban J connectivity index is 2.07. The summed E-state index contributed by atoms with van der Waals surface area (Å²) >= 11 is 1.95. The van der Waals surface area contributed by atoms with Gasteiger partial charge in [0.15, 0.2) is 18.0 Å². The Morgan fingerprint density at radius 2 is 2.25 bits per heavy atom. The van der Waals surface area contributed by atoms with Gasteiger partial charge in [-0.3, -0.25) is 4.57 Å². The number of nitrogens with zero attached hydrogens (tertiary/aromatic N) is 4. The van der Waals surface area contributed by atoms with Gasteiger partial charge in [0.1, 0.15) is 21.4 Å². The Labute approximate surface area is 125 Å². The first-order chi connectivity index (χ1) is 9.52. The molecule has 3 rings (SSSR count). The van der Waals surface area contributed by atoms with Gasteiger partial charge in [0, 0.05) is 0 Å². The number of hydrogen-bond acceptors (Lipinski definition) is 7. The van der Waals surface area contributed by atoms with Crippen LogP contribution in [0.1, 0.15) is 6.23 Å². The van der Waals surface area contributed by atoms with Gasteiger partial charge in [-0.1, -0.05) is 0 Å². The summed E-state index contributed by atoms with van der Waals surface area (Å²) in [7, 11) is 0. The highest BCUT2D eigenvalue weighted by Crippen LogP contribution is 2.33. The number of anilines is 1. The van der Waals surface area contributed by atoms with E-state index in [0.29, 0.717) is 14.9 Å². The third-order valence-corrected chi connectivity index (χ3v) is 3.90. The van der Waals surface area contributed by atoms with E-state index in [4.69, 9.17) is 15.6 Å². The molecule has 2 aromatic heterocycles. The minimum atomic E-state index is -1.70. The molecule has 0 bridgehead atoms. The number of halogens is 2. The van der Waals surface area contributed by atoms with Crippen LogP contribution in [0.15, 0.2) is 6.33 Å². The first kappa shape index (κ1) is 13.9. The Morgan fingerprint density at radius 1 is 1.50 bits per heavy atom. The van der Waals surface area contributed by atoms with E-state index in [1.807, 2.05) is 22.6 Å². The molecule has 0 spiro atoms. The number of imidazole rings is 1. The van der Waals surface area contributed by atoms with Crippen molar-refractivity contribution < 1.29 is 19.3 Å². The number of fused-ring (bicyclic) bond motifs is 1. The summed E-state index contributed by atoms with van der Waals surface area (Å²) in [6.07, 6.45) is -3.84. The lowest BCUT2D eigenvalue weighted by Gasteiger charge is -2.15. The second-order valence-corrected chi connectivity index (χ2v) is 5.40. The van der Waals surface area contributed by atoms with Crippen LogP contribution in [0, 0.1) is 3.70 Å². The van der Waals surface area contributed by atoms with Crippen molar-refractivity contribution in [1.29, 1.82) is 0 Å². The van der Waals surface area contributed by atoms with E-state index in [1.165, 1.54) is 10.9 Å². The highest BCUT2D eigenvalue weighted by Gasteiger charge is 2.45. The summed E-state index contributed by atoms with van der Waals surface area (Å²) in [5.74, 6) is 0.0383. The van der Waals surface area contributed by atoms with Crippen LogP contribution in [-0.2, 0) is 4.74 Å². The molecule has 108 valence electrons. The highest BCUT2D eigenvalue weighted by atomic mass is 127. The van der Waals surface area contributed by atoms with E-state index in [-0.39, 0.29) is 5.95 Å². The van der Waals surface area contributed by atoms with Crippen LogP contribution in [0.25, 0.3) is 11.2 Å². The number of ether oxygens (including phenoxy) is 1. The van der Waals surface area contributed by atoms with Crippen molar-refractivity contribution in [3.8, 4) is 0 Å². The van der Waals surface area contributed by atoms with Gasteiger partial charge in [-0.15, -0.1) is 0 Å². The second kappa shape index (κ2) is 5.02. The summed E-state index contributed by atoms with van der Waals surface area (Å²) in [4.78, 5) is 12.1. The smallest absolute Gasteiger partial charge is 0.223 e. The summed E-state index contributed by atoms with van der Waals surface area (Å²) < 4.78 is 21.3. The lowest BCUT2D eigenvalue weighted by molar-refractivity contribution is -0.0459. The molecule has 0 amide bonds. The monoisotopic (exact) mass is 395 g/mol. The van der Waals surface area contributed by atoms with Gasteiger partial charge in [-0.2, -0.15) is 4.98 Å². The van der Waals surface area contributed by atoms with E-state index in [1.54, 1.807) is 0 Å². The Hall–Kier alpha value is -1.11. The molecule has 0 aliphatic carbocycles. The number of aromatic nitrogens is 4. The zero-order valence-electron chi connectivity index (χ0n) is 10.0. The molecule has 4 N–H and O–H groups in total. The molecule has 0 radical (unpaired) electrons. The topological polar surface area (TPSA) is 119 Å². The van der Waals surface area contributed by atoms with Gasteiger partial charge in [0.05, 0.1) is 12.9 Å². The molecule has 0 unspecified atom stereocenters. The van der Waals surface area contributed by atoms with Crippen molar-refractivity contribution in [2.24, 2.45) is 0 Å². The minimum Gasteiger partial charge on any atom is -0.394 e. The third kappa shape index (κ3) is 2.03. The zero-order valence-corrected chi connectivity index (χ0v) is 12.2. The van der Waals surface area contributed by atoms with Crippen molar-refractivity contribution in [2.45, 2.75) is 24.6 Å². The van der Waals surface area contributed by atoms with Crippen molar-refractivity contribution in [2.75, 3.05) is 12.3 Å². The van der Waals surface area contributed by atoms with Crippen LogP contribution in [0.2, 0.25) is 0 Å². The normalized spacial score (nSPS) is 30.2. The molecular formula is C10H11FIN5O3. The van der Waals surface area contributed by atoms with Gasteiger partial charge in [-0.25, -0.2) is 14.4 Å². The van der Waals surface area contributed by atoms with Crippen molar-refractivity contribution in [3.63, 3.8) is 0 Å². The van der Waals surface area contributed by atoms with Crippen molar-refractivity contribution in [3.05, 3.63) is 10.0 Å². The minimum absolute atomic E-state index is 0.0383. The summed E-state index contributed by atoms with van der Waals surface area (Å²) in [5, 5.41) is 18.7. The zero-order chi connectivity index (χ0) is 14.4. The predicted octanol–water partition coefficient (Wildman–Crippen LogP) is -0.398. The molecule has 1 aliphatic rings. The van der Waals surface area contributed by atoms with Crippen LogP contribution in [0.3, 0.4) is 0 Å². The van der Waals surface area contributed by atoms with Crippen LogP contribution < -0.4 is 5.73 Å². The maximum atomic E-state index is 14.1. The van der Waals surface area contributed by atoms with Crippen molar-refractivity contribution >= 4 is 39.7 Å². The number of aliphatic hydroxyl groups excluding tert-OH is 2. The standard InChI is InChI=1S/C10H11FIN5O3/c11-4-6(19)3(1-18)20-9(4)17-2-14-5-7(12)15-10(13)16-8(5)17/h2-4,6,9,18-19H,1H2,(H2,13,15,16)/t3-,4-,6-,9-/m1/s1. The van der Waals surface area contributed by atoms with Gasteiger partial charge in [0.25, 0.3) is 0 Å². The molecule has 4 atom stereocenters. The average Bonchev–Trinajstić information content (AvgIpc) is 2.93. The third-order valence-electron chi connectivity index (χ3n) is 3.14. The summed E-state index contributed by atoms with van der Waals surface area (Å²) in [5.41, 5.74) is 6.36. The van der Waals surface area contributed by atoms with Gasteiger partial charge in [-0.05, 0) is 22.6 Å². The number of alkyl halides is 1. The molecule has 10 heteroatoms. The fourth-order valence-electron chi connectivity index (χ4n) is 2.16. The first-order valence-corrected chi connectivity index (χ1v) is 6.84. The van der Waals surface area contributed by atoms with Gasteiger partial charge < -0.3 is 20.7 Å². The van der Waals surface area contributed by atoms with Crippen LogP contribution in [0.5, 0.6) is 0 Å². The largest absolute Gasteiger partial charge is 0.394 e. The molecule has 2 aromatic rings. The maximum Gasteiger partial charge on any atom is 0.223 e. The first-order valence-electron chi connectivity index (χ1n) is 5.77. The molecular weight excluding hydrogens is 384 g/mol. The second-order valence-electron chi connectivity index (χ2n) is 4.38.